The number of halogens is 3. The zero-order chi connectivity index (χ0) is 12.0. The van der Waals surface area contributed by atoms with Crippen LogP contribution in [-0.2, 0) is 6.54 Å². The van der Waals surface area contributed by atoms with Gasteiger partial charge in [-0.25, -0.2) is 13.2 Å². The van der Waals surface area contributed by atoms with Crippen LogP contribution >= 0.6 is 0 Å². The molecule has 1 aliphatic carbocycles. The number of nitrogens with zero attached hydrogens (tertiary/aromatic N) is 1. The summed E-state index contributed by atoms with van der Waals surface area (Å²) in [6.45, 7) is 2.27. The Bertz CT molecular complexity index is 447. The summed E-state index contributed by atoms with van der Waals surface area (Å²) in [6.07, 6.45) is 2.42. The third-order valence-electron chi connectivity index (χ3n) is 3.86. The minimum Gasteiger partial charge on any atom is -0.299 e. The molecule has 0 N–H and O–H groups in total. The molecule has 1 nitrogen and oxygen atoms in total. The van der Waals surface area contributed by atoms with Gasteiger partial charge in [-0.3, -0.25) is 4.90 Å². The van der Waals surface area contributed by atoms with Crippen molar-refractivity contribution in [2.45, 2.75) is 19.4 Å². The maximum Gasteiger partial charge on any atom is 0.161 e. The van der Waals surface area contributed by atoms with Crippen LogP contribution in [0, 0.1) is 29.3 Å². The van der Waals surface area contributed by atoms with E-state index < -0.39 is 17.5 Å². The summed E-state index contributed by atoms with van der Waals surface area (Å²) < 4.78 is 39.3. The maximum atomic E-state index is 13.5. The Balaban J connectivity index is 1.73. The van der Waals surface area contributed by atoms with Gasteiger partial charge in [-0.2, -0.15) is 0 Å². The van der Waals surface area contributed by atoms with Crippen molar-refractivity contribution in [2.75, 3.05) is 13.1 Å². The molecule has 1 saturated heterocycles. The largest absolute Gasteiger partial charge is 0.299 e. The monoisotopic (exact) mass is 241 g/mol. The standard InChI is InChI=1S/C13H14F3N/c14-11-5-13(16)12(15)4-10(11)7-17-2-1-8-3-9(8)6-17/h4-5,8-9H,1-3,6-7H2. The lowest BCUT2D eigenvalue weighted by Crippen LogP contribution is -2.31. The number of benzene rings is 1. The predicted octanol–water partition coefficient (Wildman–Crippen LogP) is 2.95. The molecule has 0 bridgehead atoms. The first kappa shape index (κ1) is 11.1. The number of hydrogen-bond acceptors (Lipinski definition) is 1. The summed E-state index contributed by atoms with van der Waals surface area (Å²) in [7, 11) is 0. The minimum atomic E-state index is -1.12. The van der Waals surface area contributed by atoms with Crippen molar-refractivity contribution < 1.29 is 13.2 Å². The Morgan fingerprint density at radius 2 is 1.82 bits per heavy atom. The van der Waals surface area contributed by atoms with Crippen molar-refractivity contribution in [3.63, 3.8) is 0 Å². The lowest BCUT2D eigenvalue weighted by molar-refractivity contribution is 0.209. The summed E-state index contributed by atoms with van der Waals surface area (Å²) in [5.74, 6) is -1.13. The van der Waals surface area contributed by atoms with Crippen LogP contribution in [0.4, 0.5) is 13.2 Å². The van der Waals surface area contributed by atoms with E-state index in [9.17, 15) is 13.2 Å². The quantitative estimate of drug-likeness (QED) is 0.719. The highest BCUT2D eigenvalue weighted by Crippen LogP contribution is 2.45. The lowest BCUT2D eigenvalue weighted by atomic mass is 10.1. The highest BCUT2D eigenvalue weighted by atomic mass is 19.2. The van der Waals surface area contributed by atoms with E-state index in [1.165, 1.54) is 6.42 Å². The molecule has 2 unspecified atom stereocenters. The van der Waals surface area contributed by atoms with Crippen LogP contribution < -0.4 is 0 Å². The predicted molar refractivity (Wildman–Crippen MR) is 57.8 cm³/mol. The van der Waals surface area contributed by atoms with E-state index in [0.29, 0.717) is 12.6 Å². The summed E-state index contributed by atoms with van der Waals surface area (Å²) in [5.41, 5.74) is 0.253. The number of fused-ring (bicyclic) bond motifs is 1. The third kappa shape index (κ3) is 2.18. The van der Waals surface area contributed by atoms with Gasteiger partial charge in [0.25, 0.3) is 0 Å². The van der Waals surface area contributed by atoms with Crippen LogP contribution in [0.5, 0.6) is 0 Å². The van der Waals surface area contributed by atoms with Crippen LogP contribution in [0.25, 0.3) is 0 Å². The van der Waals surface area contributed by atoms with Crippen molar-refractivity contribution in [3.8, 4) is 0 Å². The van der Waals surface area contributed by atoms with Gasteiger partial charge in [0, 0.05) is 24.7 Å². The molecule has 0 spiro atoms. The minimum absolute atomic E-state index is 0.253. The average Bonchev–Trinajstić information content (AvgIpc) is 3.04. The molecule has 17 heavy (non-hydrogen) atoms. The van der Waals surface area contributed by atoms with Gasteiger partial charge < -0.3 is 0 Å². The molecular formula is C13H14F3N. The van der Waals surface area contributed by atoms with Gasteiger partial charge in [-0.1, -0.05) is 0 Å². The van der Waals surface area contributed by atoms with Gasteiger partial charge in [0.15, 0.2) is 11.6 Å². The molecule has 1 aromatic carbocycles. The molecule has 2 aliphatic rings. The normalized spacial score (nSPS) is 27.9. The fraction of sp³-hybridized carbons (Fsp3) is 0.538. The van der Waals surface area contributed by atoms with Gasteiger partial charge in [0.1, 0.15) is 5.82 Å². The fourth-order valence-corrected chi connectivity index (χ4v) is 2.73. The van der Waals surface area contributed by atoms with E-state index in [2.05, 4.69) is 4.90 Å². The second kappa shape index (κ2) is 4.02. The molecule has 2 atom stereocenters. The molecule has 4 heteroatoms. The van der Waals surface area contributed by atoms with Crippen molar-refractivity contribution >= 4 is 0 Å². The zero-order valence-corrected chi connectivity index (χ0v) is 9.43. The van der Waals surface area contributed by atoms with Crippen LogP contribution in [0.15, 0.2) is 12.1 Å². The van der Waals surface area contributed by atoms with Gasteiger partial charge >= 0.3 is 0 Å². The first-order valence-corrected chi connectivity index (χ1v) is 5.99. The Morgan fingerprint density at radius 1 is 1.06 bits per heavy atom. The van der Waals surface area contributed by atoms with Crippen LogP contribution in [0.3, 0.4) is 0 Å². The second-order valence-corrected chi connectivity index (χ2v) is 5.14. The summed E-state index contributed by atoms with van der Waals surface area (Å²) in [6, 6.07) is 1.61. The summed E-state index contributed by atoms with van der Waals surface area (Å²) >= 11 is 0. The number of piperidine rings is 1. The van der Waals surface area contributed by atoms with E-state index in [1.807, 2.05) is 0 Å². The number of rotatable bonds is 2. The van der Waals surface area contributed by atoms with Crippen molar-refractivity contribution in [3.05, 3.63) is 35.1 Å². The molecule has 2 fully saturated rings. The molecule has 1 aromatic rings. The van der Waals surface area contributed by atoms with E-state index in [0.717, 1.165) is 37.4 Å². The highest BCUT2D eigenvalue weighted by Gasteiger charge is 2.41. The van der Waals surface area contributed by atoms with E-state index in [-0.39, 0.29) is 5.56 Å². The second-order valence-electron chi connectivity index (χ2n) is 5.14. The van der Waals surface area contributed by atoms with E-state index in [4.69, 9.17) is 0 Å². The first-order valence-electron chi connectivity index (χ1n) is 5.99. The lowest BCUT2D eigenvalue weighted by Gasteiger charge is -2.26. The summed E-state index contributed by atoms with van der Waals surface area (Å²) in [4.78, 5) is 2.13. The number of hydrogen-bond donors (Lipinski definition) is 0. The first-order chi connectivity index (χ1) is 8.13. The zero-order valence-electron chi connectivity index (χ0n) is 9.43. The molecule has 1 aliphatic heterocycles. The fourth-order valence-electron chi connectivity index (χ4n) is 2.73. The Morgan fingerprint density at radius 3 is 2.59 bits per heavy atom. The topological polar surface area (TPSA) is 3.24 Å². The smallest absolute Gasteiger partial charge is 0.161 e. The Hall–Kier alpha value is -1.03. The van der Waals surface area contributed by atoms with Crippen molar-refractivity contribution in [1.29, 1.82) is 0 Å². The van der Waals surface area contributed by atoms with Crippen LogP contribution in [0.2, 0.25) is 0 Å². The maximum absolute atomic E-state index is 13.5. The molecule has 0 amide bonds. The molecule has 92 valence electrons. The van der Waals surface area contributed by atoms with Crippen molar-refractivity contribution in [1.82, 2.24) is 4.90 Å². The summed E-state index contributed by atoms with van der Waals surface area (Å²) in [5, 5.41) is 0. The molecule has 0 aromatic heterocycles. The molecule has 0 radical (unpaired) electrons. The molecule has 1 saturated carbocycles. The van der Waals surface area contributed by atoms with Gasteiger partial charge in [0.2, 0.25) is 0 Å². The van der Waals surface area contributed by atoms with E-state index >= 15 is 0 Å². The third-order valence-corrected chi connectivity index (χ3v) is 3.86. The van der Waals surface area contributed by atoms with Crippen molar-refractivity contribution in [2.24, 2.45) is 11.8 Å². The highest BCUT2D eigenvalue weighted by molar-refractivity contribution is 5.20. The van der Waals surface area contributed by atoms with Gasteiger partial charge in [-0.05, 0) is 37.3 Å². The van der Waals surface area contributed by atoms with Crippen LogP contribution in [-0.4, -0.2) is 18.0 Å². The van der Waals surface area contributed by atoms with E-state index in [1.54, 1.807) is 0 Å². The molecular weight excluding hydrogens is 227 g/mol. The van der Waals surface area contributed by atoms with Gasteiger partial charge in [-0.15, -0.1) is 0 Å². The molecule has 3 rings (SSSR count). The Labute approximate surface area is 98.2 Å². The Kier molecular flexibility index (Phi) is 2.62. The molecule has 1 heterocycles. The van der Waals surface area contributed by atoms with Gasteiger partial charge in [0.05, 0.1) is 0 Å². The van der Waals surface area contributed by atoms with Crippen LogP contribution in [0.1, 0.15) is 18.4 Å². The average molecular weight is 241 g/mol. The SMILES string of the molecule is Fc1cc(F)c(CN2CCC3CC3C2)cc1F. The number of likely N-dealkylation sites (tertiary alicyclic amines) is 1.